The summed E-state index contributed by atoms with van der Waals surface area (Å²) in [6.45, 7) is 2.87. The van der Waals surface area contributed by atoms with Crippen LogP contribution in [0.2, 0.25) is 0 Å². The number of benzene rings is 3. The number of nitrogens with zero attached hydrogens (tertiary/aromatic N) is 2. The standard InChI is InChI=1S/C25H25N3O3/c29-24(19-31-23-9-5-2-6-10-23)26-21-11-13-22(14-12-21)27-15-17-28(18-16-27)25(30)20-7-3-1-4-8-20/h1-14H,15-19H2,(H,26,29). The van der Waals surface area contributed by atoms with E-state index in [1.807, 2.05) is 89.8 Å². The number of ether oxygens (including phenoxy) is 1. The fourth-order valence-corrected chi connectivity index (χ4v) is 3.55. The van der Waals surface area contributed by atoms with Crippen molar-refractivity contribution in [3.63, 3.8) is 0 Å². The fourth-order valence-electron chi connectivity index (χ4n) is 3.55. The molecule has 31 heavy (non-hydrogen) atoms. The van der Waals surface area contributed by atoms with Crippen molar-refractivity contribution in [3.05, 3.63) is 90.5 Å². The maximum atomic E-state index is 12.6. The number of anilines is 2. The zero-order chi connectivity index (χ0) is 21.5. The summed E-state index contributed by atoms with van der Waals surface area (Å²) in [6.07, 6.45) is 0. The molecule has 0 radical (unpaired) electrons. The Balaban J connectivity index is 1.26. The van der Waals surface area contributed by atoms with Gasteiger partial charge in [0.2, 0.25) is 0 Å². The van der Waals surface area contributed by atoms with E-state index in [4.69, 9.17) is 4.74 Å². The number of carbonyl (C=O) groups excluding carboxylic acids is 2. The zero-order valence-corrected chi connectivity index (χ0v) is 17.2. The Morgan fingerprint density at radius 3 is 2.03 bits per heavy atom. The number of hydrogen-bond acceptors (Lipinski definition) is 4. The first-order chi connectivity index (χ1) is 15.2. The lowest BCUT2D eigenvalue weighted by atomic mass is 10.1. The highest BCUT2D eigenvalue weighted by atomic mass is 16.5. The molecular formula is C25H25N3O3. The van der Waals surface area contributed by atoms with Gasteiger partial charge >= 0.3 is 0 Å². The van der Waals surface area contributed by atoms with Gasteiger partial charge in [0.25, 0.3) is 11.8 Å². The van der Waals surface area contributed by atoms with Gasteiger partial charge in [-0.3, -0.25) is 9.59 Å². The first kappa shape index (κ1) is 20.5. The van der Waals surface area contributed by atoms with Crippen molar-refractivity contribution < 1.29 is 14.3 Å². The van der Waals surface area contributed by atoms with Crippen LogP contribution in [0.25, 0.3) is 0 Å². The second-order valence-corrected chi connectivity index (χ2v) is 7.34. The van der Waals surface area contributed by atoms with Crippen LogP contribution in [0.1, 0.15) is 10.4 Å². The number of rotatable bonds is 6. The number of nitrogens with one attached hydrogen (secondary N) is 1. The second kappa shape index (κ2) is 9.80. The molecule has 0 saturated carbocycles. The van der Waals surface area contributed by atoms with Crippen LogP contribution in [0.3, 0.4) is 0 Å². The van der Waals surface area contributed by atoms with E-state index in [-0.39, 0.29) is 18.4 Å². The van der Waals surface area contributed by atoms with E-state index < -0.39 is 0 Å². The van der Waals surface area contributed by atoms with Gasteiger partial charge in [-0.05, 0) is 48.5 Å². The molecule has 6 heteroatoms. The summed E-state index contributed by atoms with van der Waals surface area (Å²) in [4.78, 5) is 28.8. The van der Waals surface area contributed by atoms with Crippen molar-refractivity contribution in [2.75, 3.05) is 43.0 Å². The molecule has 3 aromatic rings. The van der Waals surface area contributed by atoms with Gasteiger partial charge in [-0.2, -0.15) is 0 Å². The van der Waals surface area contributed by atoms with E-state index in [1.165, 1.54) is 0 Å². The lowest BCUT2D eigenvalue weighted by Crippen LogP contribution is -2.48. The van der Waals surface area contributed by atoms with Gasteiger partial charge in [0, 0.05) is 43.1 Å². The van der Waals surface area contributed by atoms with Crippen molar-refractivity contribution in [3.8, 4) is 5.75 Å². The van der Waals surface area contributed by atoms with Crippen molar-refractivity contribution in [2.45, 2.75) is 0 Å². The third-order valence-corrected chi connectivity index (χ3v) is 5.22. The highest BCUT2D eigenvalue weighted by Gasteiger charge is 2.22. The van der Waals surface area contributed by atoms with Gasteiger partial charge in [-0.15, -0.1) is 0 Å². The molecule has 6 nitrogen and oxygen atoms in total. The average Bonchev–Trinajstić information content (AvgIpc) is 2.84. The van der Waals surface area contributed by atoms with E-state index in [0.29, 0.717) is 18.8 Å². The topological polar surface area (TPSA) is 61.9 Å². The monoisotopic (exact) mass is 415 g/mol. The first-order valence-corrected chi connectivity index (χ1v) is 10.4. The summed E-state index contributed by atoms with van der Waals surface area (Å²) in [5.41, 5.74) is 2.53. The molecule has 0 spiro atoms. The lowest BCUT2D eigenvalue weighted by Gasteiger charge is -2.36. The molecule has 0 bridgehead atoms. The van der Waals surface area contributed by atoms with Crippen molar-refractivity contribution in [2.24, 2.45) is 0 Å². The maximum absolute atomic E-state index is 12.6. The van der Waals surface area contributed by atoms with Gasteiger partial charge < -0.3 is 19.9 Å². The molecule has 2 amide bonds. The Hall–Kier alpha value is -3.80. The normalized spacial score (nSPS) is 13.5. The van der Waals surface area contributed by atoms with E-state index in [0.717, 1.165) is 30.0 Å². The molecule has 1 aliphatic heterocycles. The minimum absolute atomic E-state index is 0.0385. The Kier molecular flexibility index (Phi) is 6.47. The molecule has 3 aromatic carbocycles. The molecule has 0 atom stereocenters. The number of para-hydroxylation sites is 1. The number of piperazine rings is 1. The Morgan fingerprint density at radius 2 is 1.39 bits per heavy atom. The van der Waals surface area contributed by atoms with E-state index in [1.54, 1.807) is 0 Å². The number of hydrogen-bond donors (Lipinski definition) is 1. The summed E-state index contributed by atoms with van der Waals surface area (Å²) in [6, 6.07) is 26.4. The Bertz CT molecular complexity index is 999. The third kappa shape index (κ3) is 5.42. The molecule has 0 aliphatic carbocycles. The SMILES string of the molecule is O=C(COc1ccccc1)Nc1ccc(N2CCN(C(=O)c3ccccc3)CC2)cc1. The summed E-state index contributed by atoms with van der Waals surface area (Å²) in [7, 11) is 0. The van der Waals surface area contributed by atoms with Crippen LogP contribution in [0.4, 0.5) is 11.4 Å². The van der Waals surface area contributed by atoms with Crippen molar-refractivity contribution in [1.82, 2.24) is 4.90 Å². The van der Waals surface area contributed by atoms with Crippen LogP contribution in [-0.2, 0) is 4.79 Å². The highest BCUT2D eigenvalue weighted by Crippen LogP contribution is 2.20. The quantitative estimate of drug-likeness (QED) is 0.667. The fraction of sp³-hybridized carbons (Fsp3) is 0.200. The summed E-state index contributed by atoms with van der Waals surface area (Å²) in [5.74, 6) is 0.540. The summed E-state index contributed by atoms with van der Waals surface area (Å²) in [5, 5.41) is 2.85. The van der Waals surface area contributed by atoms with Crippen LogP contribution in [0.15, 0.2) is 84.9 Å². The van der Waals surface area contributed by atoms with E-state index in [9.17, 15) is 9.59 Å². The molecular weight excluding hydrogens is 390 g/mol. The predicted molar refractivity (Wildman–Crippen MR) is 122 cm³/mol. The lowest BCUT2D eigenvalue weighted by molar-refractivity contribution is -0.118. The maximum Gasteiger partial charge on any atom is 0.262 e. The van der Waals surface area contributed by atoms with Crippen LogP contribution in [0, 0.1) is 0 Å². The number of carbonyl (C=O) groups is 2. The largest absolute Gasteiger partial charge is 0.484 e. The summed E-state index contributed by atoms with van der Waals surface area (Å²) >= 11 is 0. The minimum Gasteiger partial charge on any atom is -0.484 e. The predicted octanol–water partition coefficient (Wildman–Crippen LogP) is 3.67. The Morgan fingerprint density at radius 1 is 0.774 bits per heavy atom. The first-order valence-electron chi connectivity index (χ1n) is 10.4. The molecule has 4 rings (SSSR count). The Labute approximate surface area is 182 Å². The van der Waals surface area contributed by atoms with Crippen LogP contribution < -0.4 is 15.0 Å². The molecule has 1 heterocycles. The molecule has 1 saturated heterocycles. The summed E-state index contributed by atoms with van der Waals surface area (Å²) < 4.78 is 5.47. The third-order valence-electron chi connectivity index (χ3n) is 5.22. The minimum atomic E-state index is -0.204. The van der Waals surface area contributed by atoms with Crippen molar-refractivity contribution >= 4 is 23.2 Å². The molecule has 0 unspecified atom stereocenters. The molecule has 1 fully saturated rings. The van der Waals surface area contributed by atoms with Gasteiger partial charge in [-0.25, -0.2) is 0 Å². The zero-order valence-electron chi connectivity index (χ0n) is 17.2. The van der Waals surface area contributed by atoms with Crippen LogP contribution >= 0.6 is 0 Å². The van der Waals surface area contributed by atoms with Gasteiger partial charge in [0.05, 0.1) is 0 Å². The smallest absolute Gasteiger partial charge is 0.262 e. The molecule has 158 valence electrons. The average molecular weight is 415 g/mol. The number of amides is 2. The highest BCUT2D eigenvalue weighted by molar-refractivity contribution is 5.94. The van der Waals surface area contributed by atoms with E-state index in [2.05, 4.69) is 10.2 Å². The van der Waals surface area contributed by atoms with Crippen LogP contribution in [-0.4, -0.2) is 49.5 Å². The van der Waals surface area contributed by atoms with Crippen LogP contribution in [0.5, 0.6) is 5.75 Å². The molecule has 1 aliphatic rings. The van der Waals surface area contributed by atoms with Gasteiger partial charge in [-0.1, -0.05) is 36.4 Å². The van der Waals surface area contributed by atoms with E-state index >= 15 is 0 Å². The van der Waals surface area contributed by atoms with Crippen molar-refractivity contribution in [1.29, 1.82) is 0 Å². The molecule has 0 aromatic heterocycles. The second-order valence-electron chi connectivity index (χ2n) is 7.34. The van der Waals surface area contributed by atoms with Gasteiger partial charge in [0.15, 0.2) is 6.61 Å². The van der Waals surface area contributed by atoms with Gasteiger partial charge in [0.1, 0.15) is 5.75 Å². The molecule has 1 N–H and O–H groups in total.